The van der Waals surface area contributed by atoms with E-state index in [4.69, 9.17) is 14.9 Å². The first kappa shape index (κ1) is 24.3. The maximum absolute atomic E-state index is 11.4. The molecule has 140 valence electrons. The van der Waals surface area contributed by atoms with Crippen molar-refractivity contribution >= 4 is 12.1 Å². The molecule has 0 aromatic carbocycles. The summed E-state index contributed by atoms with van der Waals surface area (Å²) in [6.07, 6.45) is 3.16. The third-order valence-electron chi connectivity index (χ3n) is 2.28. The van der Waals surface area contributed by atoms with Gasteiger partial charge in [0.05, 0.1) is 24.5 Å². The summed E-state index contributed by atoms with van der Waals surface area (Å²) in [6.45, 7) is 14.8. The van der Waals surface area contributed by atoms with Gasteiger partial charge >= 0.3 is 12.1 Å². The highest BCUT2D eigenvalue weighted by Gasteiger charge is 2.16. The fourth-order valence-electron chi connectivity index (χ4n) is 1.50. The lowest BCUT2D eigenvalue weighted by atomic mass is 10.0. The minimum atomic E-state index is -0.725. The Morgan fingerprint density at radius 3 is 2.04 bits per heavy atom. The average Bonchev–Trinajstić information content (AvgIpc) is 2.91. The Balaban J connectivity index is 0. The molecule has 6 heteroatoms. The van der Waals surface area contributed by atoms with Crippen molar-refractivity contribution in [2.75, 3.05) is 0 Å². The molecule has 1 rings (SSSR count). The first-order valence-electron chi connectivity index (χ1n) is 8.21. The molecule has 6 nitrogen and oxygen atoms in total. The highest BCUT2D eigenvalue weighted by atomic mass is 16.6. The van der Waals surface area contributed by atoms with Crippen LogP contribution in [0.25, 0.3) is 0 Å². The van der Waals surface area contributed by atoms with Gasteiger partial charge in [-0.2, -0.15) is 0 Å². The SMILES string of the molecule is CC.CC(C)(C)OC(N)=O.CC(C)OC(=O)[C@H](C)Cc1ccoc1. The van der Waals surface area contributed by atoms with Gasteiger partial charge in [0, 0.05) is 0 Å². The number of hydrogen-bond acceptors (Lipinski definition) is 5. The van der Waals surface area contributed by atoms with E-state index in [0.717, 1.165) is 5.56 Å². The van der Waals surface area contributed by atoms with Crippen LogP contribution in [-0.2, 0) is 20.7 Å². The minimum Gasteiger partial charge on any atom is -0.472 e. The van der Waals surface area contributed by atoms with Gasteiger partial charge in [-0.05, 0) is 52.7 Å². The Bertz CT molecular complexity index is 446. The summed E-state index contributed by atoms with van der Waals surface area (Å²) in [4.78, 5) is 21.4. The summed E-state index contributed by atoms with van der Waals surface area (Å²) in [6, 6.07) is 1.86. The number of primary amides is 1. The molecule has 0 saturated heterocycles. The van der Waals surface area contributed by atoms with E-state index in [1.54, 1.807) is 33.3 Å². The maximum Gasteiger partial charge on any atom is 0.405 e. The van der Waals surface area contributed by atoms with Crippen LogP contribution in [0.5, 0.6) is 0 Å². The first-order chi connectivity index (χ1) is 11.0. The van der Waals surface area contributed by atoms with E-state index in [9.17, 15) is 9.59 Å². The Hall–Kier alpha value is -1.98. The molecular weight excluding hydrogens is 310 g/mol. The van der Waals surface area contributed by atoms with Crippen LogP contribution in [0.15, 0.2) is 23.0 Å². The van der Waals surface area contributed by atoms with Crippen LogP contribution >= 0.6 is 0 Å². The minimum absolute atomic E-state index is 0.0469. The Kier molecular flexibility index (Phi) is 12.6. The van der Waals surface area contributed by atoms with Crippen LogP contribution < -0.4 is 5.73 Å². The average molecular weight is 343 g/mol. The number of carbonyl (C=O) groups excluding carboxylic acids is 2. The normalized spacial score (nSPS) is 11.4. The van der Waals surface area contributed by atoms with Crippen molar-refractivity contribution in [2.45, 2.75) is 73.5 Å². The number of ether oxygens (including phenoxy) is 2. The molecule has 2 N–H and O–H groups in total. The quantitative estimate of drug-likeness (QED) is 0.822. The van der Waals surface area contributed by atoms with Crippen molar-refractivity contribution in [3.05, 3.63) is 24.2 Å². The summed E-state index contributed by atoms with van der Waals surface area (Å²) >= 11 is 0. The van der Waals surface area contributed by atoms with Crippen molar-refractivity contribution < 1.29 is 23.5 Å². The van der Waals surface area contributed by atoms with E-state index in [-0.39, 0.29) is 18.0 Å². The number of esters is 1. The molecule has 1 aromatic heterocycles. The van der Waals surface area contributed by atoms with Crippen molar-refractivity contribution in [1.29, 1.82) is 0 Å². The van der Waals surface area contributed by atoms with Crippen LogP contribution in [0.1, 0.15) is 61.0 Å². The standard InChI is InChI=1S/C11H16O3.C5H11NO2.C2H6/c1-8(2)14-11(12)9(3)6-10-4-5-13-7-10;1-5(2,3)8-4(6)7;1-2/h4-5,7-9H,6H2,1-3H3;1-3H3,(H2,6,7);1-2H3/t9-;;/m1../s1. The second-order valence-electron chi connectivity index (χ2n) is 6.26. The Labute approximate surface area is 145 Å². The third kappa shape index (κ3) is 14.9. The van der Waals surface area contributed by atoms with Gasteiger partial charge in [-0.25, -0.2) is 4.79 Å². The summed E-state index contributed by atoms with van der Waals surface area (Å²) < 4.78 is 14.6. The lowest BCUT2D eigenvalue weighted by Crippen LogP contribution is -2.27. The van der Waals surface area contributed by atoms with E-state index in [2.05, 4.69) is 4.74 Å². The predicted octanol–water partition coefficient (Wildman–Crippen LogP) is 4.32. The predicted molar refractivity (Wildman–Crippen MR) is 94.6 cm³/mol. The van der Waals surface area contributed by atoms with E-state index in [0.29, 0.717) is 6.42 Å². The summed E-state index contributed by atoms with van der Waals surface area (Å²) in [5.74, 6) is -0.267. The molecule has 1 heterocycles. The van der Waals surface area contributed by atoms with Crippen molar-refractivity contribution in [3.8, 4) is 0 Å². The molecular formula is C18H33NO5. The van der Waals surface area contributed by atoms with Gasteiger partial charge in [-0.3, -0.25) is 4.79 Å². The smallest absolute Gasteiger partial charge is 0.405 e. The molecule has 1 aromatic rings. The number of furan rings is 1. The third-order valence-corrected chi connectivity index (χ3v) is 2.28. The molecule has 0 aliphatic rings. The van der Waals surface area contributed by atoms with E-state index in [1.165, 1.54) is 0 Å². The van der Waals surface area contributed by atoms with Gasteiger partial charge in [0.2, 0.25) is 0 Å². The number of carbonyl (C=O) groups is 2. The van der Waals surface area contributed by atoms with Crippen LogP contribution in [0.4, 0.5) is 4.79 Å². The number of amides is 1. The van der Waals surface area contributed by atoms with Gasteiger partial charge in [-0.15, -0.1) is 0 Å². The van der Waals surface area contributed by atoms with Crippen LogP contribution in [0, 0.1) is 5.92 Å². The number of hydrogen-bond donors (Lipinski definition) is 1. The highest BCUT2D eigenvalue weighted by Crippen LogP contribution is 2.11. The second-order valence-corrected chi connectivity index (χ2v) is 6.26. The molecule has 0 unspecified atom stereocenters. The van der Waals surface area contributed by atoms with E-state index >= 15 is 0 Å². The van der Waals surface area contributed by atoms with Gasteiger partial charge in [0.15, 0.2) is 0 Å². The fourth-order valence-corrected chi connectivity index (χ4v) is 1.50. The van der Waals surface area contributed by atoms with Gasteiger partial charge in [-0.1, -0.05) is 20.8 Å². The molecule has 1 amide bonds. The summed E-state index contributed by atoms with van der Waals surface area (Å²) in [5.41, 5.74) is 5.29. The van der Waals surface area contributed by atoms with Gasteiger partial charge in [0.25, 0.3) is 0 Å². The molecule has 0 spiro atoms. The zero-order chi connectivity index (χ0) is 19.3. The lowest BCUT2D eigenvalue weighted by Gasteiger charge is -2.16. The monoisotopic (exact) mass is 343 g/mol. The van der Waals surface area contributed by atoms with Crippen LogP contribution in [-0.4, -0.2) is 23.8 Å². The van der Waals surface area contributed by atoms with Crippen molar-refractivity contribution in [2.24, 2.45) is 11.7 Å². The largest absolute Gasteiger partial charge is 0.472 e. The molecule has 0 radical (unpaired) electrons. The number of nitrogens with two attached hydrogens (primary N) is 1. The van der Waals surface area contributed by atoms with Gasteiger partial charge < -0.3 is 19.6 Å². The first-order valence-corrected chi connectivity index (χ1v) is 8.21. The van der Waals surface area contributed by atoms with Crippen LogP contribution in [0.3, 0.4) is 0 Å². The summed E-state index contributed by atoms with van der Waals surface area (Å²) in [7, 11) is 0. The molecule has 0 fully saturated rings. The fraction of sp³-hybridized carbons (Fsp3) is 0.667. The van der Waals surface area contributed by atoms with E-state index in [1.807, 2.05) is 40.7 Å². The molecule has 0 aliphatic heterocycles. The summed E-state index contributed by atoms with van der Waals surface area (Å²) in [5, 5.41) is 0. The molecule has 0 bridgehead atoms. The van der Waals surface area contributed by atoms with Crippen molar-refractivity contribution in [1.82, 2.24) is 0 Å². The van der Waals surface area contributed by atoms with Gasteiger partial charge in [0.1, 0.15) is 5.60 Å². The maximum atomic E-state index is 11.4. The Morgan fingerprint density at radius 1 is 1.21 bits per heavy atom. The van der Waals surface area contributed by atoms with Crippen LogP contribution in [0.2, 0.25) is 0 Å². The molecule has 24 heavy (non-hydrogen) atoms. The molecule has 0 saturated carbocycles. The topological polar surface area (TPSA) is 91.8 Å². The zero-order valence-electron chi connectivity index (χ0n) is 16.2. The highest BCUT2D eigenvalue weighted by molar-refractivity contribution is 5.72. The second kappa shape index (κ2) is 12.4. The van der Waals surface area contributed by atoms with E-state index < -0.39 is 11.7 Å². The molecule has 1 atom stereocenters. The number of rotatable bonds is 4. The zero-order valence-corrected chi connectivity index (χ0v) is 16.2. The van der Waals surface area contributed by atoms with Crippen molar-refractivity contribution in [3.63, 3.8) is 0 Å². The lowest BCUT2D eigenvalue weighted by molar-refractivity contribution is -0.151. The Morgan fingerprint density at radius 2 is 1.75 bits per heavy atom. The molecule has 0 aliphatic carbocycles.